The van der Waals surface area contributed by atoms with Crippen molar-refractivity contribution in [3.63, 3.8) is 0 Å². The van der Waals surface area contributed by atoms with Crippen molar-refractivity contribution in [2.75, 3.05) is 11.9 Å². The van der Waals surface area contributed by atoms with Gasteiger partial charge < -0.3 is 10.1 Å². The summed E-state index contributed by atoms with van der Waals surface area (Å²) in [7, 11) is 0. The van der Waals surface area contributed by atoms with E-state index in [0.29, 0.717) is 13.2 Å². The summed E-state index contributed by atoms with van der Waals surface area (Å²) in [5, 5.41) is 7.10. The van der Waals surface area contributed by atoms with Gasteiger partial charge in [0.25, 0.3) is 5.91 Å². The Morgan fingerprint density at radius 2 is 2.24 bits per heavy atom. The van der Waals surface area contributed by atoms with Crippen LogP contribution in [0.25, 0.3) is 0 Å². The molecular weight excluding hydrogens is 334 g/mol. The minimum Gasteiger partial charge on any atom is -0.492 e. The Kier molecular flexibility index (Phi) is 4.52. The van der Waals surface area contributed by atoms with Crippen LogP contribution in [0.1, 0.15) is 26.5 Å². The van der Waals surface area contributed by atoms with E-state index in [1.165, 1.54) is 16.9 Å². The fraction of sp³-hybridized carbons (Fsp3) is 0.263. The lowest BCUT2D eigenvalue weighted by Crippen LogP contribution is -2.11. The number of fused-ring (bicyclic) bond motifs is 1. The number of nitrogens with zero attached hydrogens (tertiary/aromatic N) is 2. The van der Waals surface area contributed by atoms with E-state index < -0.39 is 0 Å². The standard InChI is InChI=1S/C19H19N3O2S/c23-19(18-12-14-4-1-7-17(14)25-18)21-15-5-2-6-16(13-15)24-11-10-22-9-3-8-20-22/h2-3,5-6,8-9,12-13H,1,4,7,10-11H2,(H,21,23). The van der Waals surface area contributed by atoms with Crippen LogP contribution in [0.15, 0.2) is 48.8 Å². The highest BCUT2D eigenvalue weighted by Gasteiger charge is 2.18. The average Bonchev–Trinajstić information content (AvgIpc) is 3.32. The van der Waals surface area contributed by atoms with Crippen LogP contribution in [0.3, 0.4) is 0 Å². The third kappa shape index (κ3) is 3.74. The number of aromatic nitrogens is 2. The molecule has 4 rings (SSSR count). The number of ether oxygens (including phenoxy) is 1. The Hall–Kier alpha value is -2.60. The van der Waals surface area contributed by atoms with Gasteiger partial charge in [-0.1, -0.05) is 6.07 Å². The molecule has 3 aromatic rings. The molecule has 1 N–H and O–H groups in total. The Balaban J connectivity index is 1.36. The molecule has 128 valence electrons. The average molecular weight is 353 g/mol. The van der Waals surface area contributed by atoms with E-state index >= 15 is 0 Å². The first-order valence-corrected chi connectivity index (χ1v) is 9.23. The summed E-state index contributed by atoms with van der Waals surface area (Å²) < 4.78 is 7.57. The summed E-state index contributed by atoms with van der Waals surface area (Å²) in [6.07, 6.45) is 7.06. The first-order valence-electron chi connectivity index (χ1n) is 8.41. The lowest BCUT2D eigenvalue weighted by atomic mass is 10.2. The molecule has 0 saturated carbocycles. The maximum absolute atomic E-state index is 12.4. The van der Waals surface area contributed by atoms with E-state index in [0.717, 1.165) is 29.2 Å². The lowest BCUT2D eigenvalue weighted by Gasteiger charge is -2.09. The van der Waals surface area contributed by atoms with E-state index in [-0.39, 0.29) is 5.91 Å². The monoisotopic (exact) mass is 353 g/mol. The zero-order valence-electron chi connectivity index (χ0n) is 13.8. The number of rotatable bonds is 6. The summed E-state index contributed by atoms with van der Waals surface area (Å²) >= 11 is 1.61. The highest BCUT2D eigenvalue weighted by Crippen LogP contribution is 2.31. The maximum Gasteiger partial charge on any atom is 0.265 e. The van der Waals surface area contributed by atoms with Gasteiger partial charge in [0.05, 0.1) is 11.4 Å². The topological polar surface area (TPSA) is 56.1 Å². The molecule has 0 bridgehead atoms. The molecule has 6 heteroatoms. The fourth-order valence-electron chi connectivity index (χ4n) is 2.99. The van der Waals surface area contributed by atoms with Gasteiger partial charge in [-0.15, -0.1) is 11.3 Å². The molecule has 0 fully saturated rings. The Morgan fingerprint density at radius 1 is 1.28 bits per heavy atom. The molecule has 1 aromatic carbocycles. The molecule has 5 nitrogen and oxygen atoms in total. The van der Waals surface area contributed by atoms with E-state index in [1.54, 1.807) is 17.5 Å². The van der Waals surface area contributed by atoms with Crippen molar-refractivity contribution < 1.29 is 9.53 Å². The molecule has 2 aromatic heterocycles. The van der Waals surface area contributed by atoms with Gasteiger partial charge in [-0.05, 0) is 49.1 Å². The third-order valence-electron chi connectivity index (χ3n) is 4.21. The number of aryl methyl sites for hydroxylation is 2. The molecule has 1 aliphatic carbocycles. The van der Waals surface area contributed by atoms with Crippen LogP contribution in [0.5, 0.6) is 5.75 Å². The van der Waals surface area contributed by atoms with E-state index in [1.807, 2.05) is 47.3 Å². The van der Waals surface area contributed by atoms with Crippen LogP contribution >= 0.6 is 11.3 Å². The van der Waals surface area contributed by atoms with Crippen LogP contribution in [-0.4, -0.2) is 22.3 Å². The van der Waals surface area contributed by atoms with Crippen LogP contribution < -0.4 is 10.1 Å². The van der Waals surface area contributed by atoms with E-state index in [9.17, 15) is 4.79 Å². The number of thiophene rings is 1. The third-order valence-corrected chi connectivity index (χ3v) is 5.45. The number of amides is 1. The number of nitrogens with one attached hydrogen (secondary N) is 1. The second kappa shape index (κ2) is 7.11. The first-order chi connectivity index (χ1) is 12.3. The van der Waals surface area contributed by atoms with Crippen molar-refractivity contribution in [1.29, 1.82) is 0 Å². The Morgan fingerprint density at radius 3 is 3.08 bits per heavy atom. The van der Waals surface area contributed by atoms with Crippen molar-refractivity contribution in [3.8, 4) is 5.75 Å². The molecule has 1 amide bonds. The summed E-state index contributed by atoms with van der Waals surface area (Å²) in [5.74, 6) is 0.687. The SMILES string of the molecule is O=C(Nc1cccc(OCCn2cccn2)c1)c1cc2c(s1)CCC2. The van der Waals surface area contributed by atoms with Gasteiger partial charge in [-0.2, -0.15) is 5.10 Å². The molecule has 2 heterocycles. The van der Waals surface area contributed by atoms with E-state index in [4.69, 9.17) is 4.74 Å². The highest BCUT2D eigenvalue weighted by atomic mass is 32.1. The largest absolute Gasteiger partial charge is 0.492 e. The normalized spacial score (nSPS) is 12.8. The predicted molar refractivity (Wildman–Crippen MR) is 98.5 cm³/mol. The Bertz CT molecular complexity index is 849. The molecule has 0 saturated heterocycles. The molecule has 1 aliphatic rings. The van der Waals surface area contributed by atoms with Crippen LogP contribution in [-0.2, 0) is 19.4 Å². The first kappa shape index (κ1) is 15.9. The van der Waals surface area contributed by atoms with Gasteiger partial charge >= 0.3 is 0 Å². The number of hydrogen-bond acceptors (Lipinski definition) is 4. The lowest BCUT2D eigenvalue weighted by molar-refractivity contribution is 0.103. The second-order valence-electron chi connectivity index (χ2n) is 6.01. The molecule has 0 radical (unpaired) electrons. The molecule has 25 heavy (non-hydrogen) atoms. The summed E-state index contributed by atoms with van der Waals surface area (Å²) in [6.45, 7) is 1.21. The van der Waals surface area contributed by atoms with E-state index in [2.05, 4.69) is 10.4 Å². The summed E-state index contributed by atoms with van der Waals surface area (Å²) in [6, 6.07) is 11.4. The van der Waals surface area contributed by atoms with Gasteiger partial charge in [-0.25, -0.2) is 0 Å². The van der Waals surface area contributed by atoms with Gasteiger partial charge in [0.1, 0.15) is 12.4 Å². The fourth-order valence-corrected chi connectivity index (χ4v) is 4.14. The number of hydrogen-bond donors (Lipinski definition) is 1. The summed E-state index contributed by atoms with van der Waals surface area (Å²) in [5.41, 5.74) is 2.08. The van der Waals surface area contributed by atoms with Crippen molar-refractivity contribution in [2.24, 2.45) is 0 Å². The minimum atomic E-state index is -0.0481. The van der Waals surface area contributed by atoms with Crippen LogP contribution in [0.2, 0.25) is 0 Å². The molecule has 0 aliphatic heterocycles. The van der Waals surface area contributed by atoms with Gasteiger partial charge in [-0.3, -0.25) is 9.48 Å². The van der Waals surface area contributed by atoms with Gasteiger partial charge in [0.2, 0.25) is 0 Å². The predicted octanol–water partition coefficient (Wildman–Crippen LogP) is 3.76. The van der Waals surface area contributed by atoms with Gasteiger partial charge in [0, 0.05) is 29.0 Å². The van der Waals surface area contributed by atoms with Gasteiger partial charge in [0.15, 0.2) is 0 Å². The van der Waals surface area contributed by atoms with Crippen molar-refractivity contribution in [2.45, 2.75) is 25.8 Å². The smallest absolute Gasteiger partial charge is 0.265 e. The molecule has 0 unspecified atom stereocenters. The number of benzene rings is 1. The zero-order chi connectivity index (χ0) is 17.1. The number of anilines is 1. The Labute approximate surface area is 150 Å². The van der Waals surface area contributed by atoms with Crippen LogP contribution in [0, 0.1) is 0 Å². The van der Waals surface area contributed by atoms with Crippen molar-refractivity contribution in [3.05, 3.63) is 64.1 Å². The molecular formula is C19H19N3O2S. The van der Waals surface area contributed by atoms with Crippen LogP contribution in [0.4, 0.5) is 5.69 Å². The zero-order valence-corrected chi connectivity index (χ0v) is 14.6. The number of carbonyl (C=O) groups excluding carboxylic acids is 1. The molecule has 0 spiro atoms. The summed E-state index contributed by atoms with van der Waals surface area (Å²) in [4.78, 5) is 14.6. The highest BCUT2D eigenvalue weighted by molar-refractivity contribution is 7.14. The number of carbonyl (C=O) groups is 1. The van der Waals surface area contributed by atoms with Crippen molar-refractivity contribution in [1.82, 2.24) is 9.78 Å². The second-order valence-corrected chi connectivity index (χ2v) is 7.15. The quantitative estimate of drug-likeness (QED) is 0.734. The molecule has 0 atom stereocenters. The maximum atomic E-state index is 12.4. The minimum absolute atomic E-state index is 0.0481. The van der Waals surface area contributed by atoms with Crippen molar-refractivity contribution >= 4 is 22.9 Å².